The summed E-state index contributed by atoms with van der Waals surface area (Å²) in [5.41, 5.74) is 8.17. The van der Waals surface area contributed by atoms with E-state index >= 15 is 0 Å². The van der Waals surface area contributed by atoms with Gasteiger partial charge >= 0.3 is 0 Å². The smallest absolute Gasteiger partial charge is 0.275 e. The minimum absolute atomic E-state index is 0.0436. The van der Waals surface area contributed by atoms with E-state index in [0.717, 1.165) is 23.4 Å². The predicted octanol–water partition coefficient (Wildman–Crippen LogP) is 2.55. The van der Waals surface area contributed by atoms with Gasteiger partial charge in [-0.05, 0) is 44.0 Å². The highest BCUT2D eigenvalue weighted by Crippen LogP contribution is 2.31. The van der Waals surface area contributed by atoms with Crippen LogP contribution in [0, 0.1) is 12.8 Å². The van der Waals surface area contributed by atoms with Crippen LogP contribution in [-0.4, -0.2) is 23.3 Å². The van der Waals surface area contributed by atoms with E-state index in [9.17, 15) is 9.59 Å². The number of carbonyl (C=O) groups is 2. The van der Waals surface area contributed by atoms with Crippen LogP contribution in [0.3, 0.4) is 0 Å². The number of carbonyl (C=O) groups excluding carboxylic acids is 2. The summed E-state index contributed by atoms with van der Waals surface area (Å²) < 4.78 is 0. The standard InChI is InChI=1S/C17H20N4O2S/c1-10-2-5-12(19-16(22)11-3-4-11)8-13(10)21-17(23)14-9-24-15(20-14)6-7-18/h2,5,8-9,11H,3-4,6-7,18H2,1H3,(H,19,22)(H,21,23). The fourth-order valence-corrected chi connectivity index (χ4v) is 3.06. The van der Waals surface area contributed by atoms with Gasteiger partial charge in [-0.15, -0.1) is 11.3 Å². The first-order chi connectivity index (χ1) is 11.6. The highest BCUT2D eigenvalue weighted by Gasteiger charge is 2.29. The van der Waals surface area contributed by atoms with Gasteiger partial charge in [-0.3, -0.25) is 9.59 Å². The molecule has 2 amide bonds. The van der Waals surface area contributed by atoms with E-state index in [0.29, 0.717) is 30.0 Å². The van der Waals surface area contributed by atoms with E-state index in [1.54, 1.807) is 11.4 Å². The van der Waals surface area contributed by atoms with Crippen LogP contribution in [0.5, 0.6) is 0 Å². The van der Waals surface area contributed by atoms with Gasteiger partial charge in [0.2, 0.25) is 5.91 Å². The quantitative estimate of drug-likeness (QED) is 0.750. The molecule has 4 N–H and O–H groups in total. The molecular formula is C17H20N4O2S. The Bertz CT molecular complexity index is 768. The summed E-state index contributed by atoms with van der Waals surface area (Å²) in [5.74, 6) is -0.0781. The minimum atomic E-state index is -0.261. The second-order valence-electron chi connectivity index (χ2n) is 5.91. The van der Waals surface area contributed by atoms with Gasteiger partial charge in [-0.1, -0.05) is 6.07 Å². The van der Waals surface area contributed by atoms with Gasteiger partial charge in [0.1, 0.15) is 5.69 Å². The lowest BCUT2D eigenvalue weighted by Crippen LogP contribution is -2.16. The molecular weight excluding hydrogens is 324 g/mol. The van der Waals surface area contributed by atoms with E-state index < -0.39 is 0 Å². The van der Waals surface area contributed by atoms with Crippen molar-refractivity contribution < 1.29 is 9.59 Å². The van der Waals surface area contributed by atoms with Crippen LogP contribution in [0.25, 0.3) is 0 Å². The first kappa shape index (κ1) is 16.6. The van der Waals surface area contributed by atoms with E-state index in [2.05, 4.69) is 15.6 Å². The maximum absolute atomic E-state index is 12.4. The number of rotatable bonds is 6. The molecule has 1 aromatic carbocycles. The third-order valence-electron chi connectivity index (χ3n) is 3.84. The van der Waals surface area contributed by atoms with Crippen molar-refractivity contribution in [2.75, 3.05) is 17.2 Å². The zero-order chi connectivity index (χ0) is 17.1. The second kappa shape index (κ2) is 7.11. The van der Waals surface area contributed by atoms with Crippen molar-refractivity contribution in [3.05, 3.63) is 39.8 Å². The van der Waals surface area contributed by atoms with Gasteiger partial charge in [0.05, 0.1) is 5.01 Å². The van der Waals surface area contributed by atoms with Crippen molar-refractivity contribution >= 4 is 34.5 Å². The summed E-state index contributed by atoms with van der Waals surface area (Å²) in [4.78, 5) is 28.5. The highest BCUT2D eigenvalue weighted by atomic mass is 32.1. The molecule has 0 unspecified atom stereocenters. The summed E-state index contributed by atoms with van der Waals surface area (Å²) in [6.07, 6.45) is 2.58. The first-order valence-corrected chi connectivity index (χ1v) is 8.82. The molecule has 2 aromatic rings. The summed E-state index contributed by atoms with van der Waals surface area (Å²) in [6, 6.07) is 5.49. The van der Waals surface area contributed by atoms with Crippen molar-refractivity contribution in [3.63, 3.8) is 0 Å². The number of aryl methyl sites for hydroxylation is 1. The van der Waals surface area contributed by atoms with E-state index in [4.69, 9.17) is 5.73 Å². The topological polar surface area (TPSA) is 97.1 Å². The maximum Gasteiger partial charge on any atom is 0.275 e. The van der Waals surface area contributed by atoms with Crippen LogP contribution >= 0.6 is 11.3 Å². The van der Waals surface area contributed by atoms with Crippen LogP contribution < -0.4 is 16.4 Å². The molecule has 3 rings (SSSR count). The SMILES string of the molecule is Cc1ccc(NC(=O)C2CC2)cc1NC(=O)c1csc(CCN)n1. The molecule has 1 aliphatic rings. The number of hydrogen-bond donors (Lipinski definition) is 3. The molecule has 24 heavy (non-hydrogen) atoms. The van der Waals surface area contributed by atoms with E-state index in [-0.39, 0.29) is 17.7 Å². The Morgan fingerprint density at radius 3 is 2.83 bits per heavy atom. The number of aromatic nitrogens is 1. The van der Waals surface area contributed by atoms with Crippen LogP contribution in [-0.2, 0) is 11.2 Å². The summed E-state index contributed by atoms with van der Waals surface area (Å²) in [6.45, 7) is 2.42. The van der Waals surface area contributed by atoms with Crippen LogP contribution in [0.4, 0.5) is 11.4 Å². The van der Waals surface area contributed by atoms with Gasteiger partial charge in [0.15, 0.2) is 0 Å². The largest absolute Gasteiger partial charge is 0.330 e. The highest BCUT2D eigenvalue weighted by molar-refractivity contribution is 7.09. The Hall–Kier alpha value is -2.25. The minimum Gasteiger partial charge on any atom is -0.330 e. The zero-order valence-corrected chi connectivity index (χ0v) is 14.3. The molecule has 0 spiro atoms. The molecule has 1 aromatic heterocycles. The fraction of sp³-hybridized carbons (Fsp3) is 0.353. The average Bonchev–Trinajstić information content (AvgIpc) is 3.31. The Kier molecular flexibility index (Phi) is 4.92. The molecule has 1 fully saturated rings. The molecule has 0 atom stereocenters. The Labute approximate surface area is 144 Å². The maximum atomic E-state index is 12.4. The van der Waals surface area contributed by atoms with Crippen LogP contribution in [0.15, 0.2) is 23.6 Å². The molecule has 1 aliphatic carbocycles. The van der Waals surface area contributed by atoms with Crippen LogP contribution in [0.2, 0.25) is 0 Å². The predicted molar refractivity (Wildman–Crippen MR) is 95.4 cm³/mol. The molecule has 0 bridgehead atoms. The number of nitrogens with one attached hydrogen (secondary N) is 2. The number of nitrogens with two attached hydrogens (primary N) is 1. The molecule has 7 heteroatoms. The number of nitrogens with zero attached hydrogens (tertiary/aromatic N) is 1. The van der Waals surface area contributed by atoms with Crippen molar-refractivity contribution in [2.24, 2.45) is 11.7 Å². The third kappa shape index (κ3) is 3.98. The third-order valence-corrected chi connectivity index (χ3v) is 4.75. The first-order valence-electron chi connectivity index (χ1n) is 7.94. The number of hydrogen-bond acceptors (Lipinski definition) is 5. The number of benzene rings is 1. The summed E-state index contributed by atoms with van der Waals surface area (Å²) in [5, 5.41) is 8.33. The van der Waals surface area contributed by atoms with Crippen molar-refractivity contribution in [1.82, 2.24) is 4.98 Å². The zero-order valence-electron chi connectivity index (χ0n) is 13.5. The van der Waals surface area contributed by atoms with Crippen LogP contribution in [0.1, 0.15) is 33.9 Å². The normalized spacial score (nSPS) is 13.6. The average molecular weight is 344 g/mol. The lowest BCUT2D eigenvalue weighted by atomic mass is 10.1. The van der Waals surface area contributed by atoms with Gasteiger partial charge in [0.25, 0.3) is 5.91 Å². The van der Waals surface area contributed by atoms with Gasteiger partial charge in [0, 0.05) is 29.1 Å². The van der Waals surface area contributed by atoms with Gasteiger partial charge in [-0.2, -0.15) is 0 Å². The molecule has 6 nitrogen and oxygen atoms in total. The fourth-order valence-electron chi connectivity index (χ4n) is 2.26. The summed E-state index contributed by atoms with van der Waals surface area (Å²) in [7, 11) is 0. The summed E-state index contributed by atoms with van der Waals surface area (Å²) >= 11 is 1.43. The number of amides is 2. The Balaban J connectivity index is 1.70. The lowest BCUT2D eigenvalue weighted by molar-refractivity contribution is -0.117. The van der Waals surface area contributed by atoms with Crippen molar-refractivity contribution in [3.8, 4) is 0 Å². The Morgan fingerprint density at radius 1 is 1.33 bits per heavy atom. The molecule has 126 valence electrons. The number of anilines is 2. The monoisotopic (exact) mass is 344 g/mol. The van der Waals surface area contributed by atoms with E-state index in [1.807, 2.05) is 19.1 Å². The van der Waals surface area contributed by atoms with Gasteiger partial charge in [-0.25, -0.2) is 4.98 Å². The molecule has 1 heterocycles. The molecule has 0 aliphatic heterocycles. The number of thiazole rings is 1. The van der Waals surface area contributed by atoms with Gasteiger partial charge < -0.3 is 16.4 Å². The molecule has 0 saturated heterocycles. The van der Waals surface area contributed by atoms with Crippen molar-refractivity contribution in [2.45, 2.75) is 26.2 Å². The second-order valence-corrected chi connectivity index (χ2v) is 6.86. The molecule has 0 radical (unpaired) electrons. The van der Waals surface area contributed by atoms with Crippen molar-refractivity contribution in [1.29, 1.82) is 0 Å². The Morgan fingerprint density at radius 2 is 2.12 bits per heavy atom. The molecule has 1 saturated carbocycles. The lowest BCUT2D eigenvalue weighted by Gasteiger charge is -2.11. The van der Waals surface area contributed by atoms with E-state index in [1.165, 1.54) is 11.3 Å².